The minimum Gasteiger partial charge on any atom is -0.493 e. The number of carbonyl (C=O) groups excluding carboxylic acids is 3. The van der Waals surface area contributed by atoms with E-state index < -0.39 is 11.8 Å². The summed E-state index contributed by atoms with van der Waals surface area (Å²) in [6.07, 6.45) is 2.68. The number of hydrogen-bond donors (Lipinski definition) is 3. The van der Waals surface area contributed by atoms with Gasteiger partial charge in [0.1, 0.15) is 6.26 Å². The largest absolute Gasteiger partial charge is 0.493 e. The Morgan fingerprint density at radius 3 is 2.38 bits per heavy atom. The fourth-order valence-corrected chi connectivity index (χ4v) is 2.02. The van der Waals surface area contributed by atoms with Crippen LogP contribution >= 0.6 is 0 Å². The number of methoxy groups -OCH3 is 2. The number of carbonyl (C=O) groups is 3. The summed E-state index contributed by atoms with van der Waals surface area (Å²) in [5.74, 6) is -0.427. The van der Waals surface area contributed by atoms with E-state index in [9.17, 15) is 14.4 Å². The number of hydrogen-bond acceptors (Lipinski definition) is 6. The van der Waals surface area contributed by atoms with Gasteiger partial charge in [0.15, 0.2) is 11.5 Å². The molecule has 0 fully saturated rings. The third-order valence-electron chi connectivity index (χ3n) is 3.38. The van der Waals surface area contributed by atoms with Crippen molar-refractivity contribution in [1.29, 1.82) is 0 Å². The Balaban J connectivity index is 1.76. The molecule has 3 N–H and O–H groups in total. The second kappa shape index (κ2) is 9.11. The highest BCUT2D eigenvalue weighted by Crippen LogP contribution is 2.27. The molecule has 2 aromatic rings. The fraction of sp³-hybridized carbons (Fsp3) is 0.235. The summed E-state index contributed by atoms with van der Waals surface area (Å²) in [6.45, 7) is 0.113. The maximum Gasteiger partial charge on any atom is 0.269 e. The Morgan fingerprint density at radius 1 is 0.962 bits per heavy atom. The normalized spacial score (nSPS) is 9.92. The highest BCUT2D eigenvalue weighted by atomic mass is 16.5. The quantitative estimate of drug-likeness (QED) is 0.630. The van der Waals surface area contributed by atoms with Crippen molar-refractivity contribution >= 4 is 17.7 Å². The molecule has 1 aromatic carbocycles. The zero-order valence-corrected chi connectivity index (χ0v) is 14.3. The first-order valence-corrected chi connectivity index (χ1v) is 7.66. The molecule has 1 aromatic heterocycles. The van der Waals surface area contributed by atoms with Gasteiger partial charge in [-0.1, -0.05) is 0 Å². The summed E-state index contributed by atoms with van der Waals surface area (Å²) in [4.78, 5) is 35.4. The topological polar surface area (TPSA) is 119 Å². The highest BCUT2D eigenvalue weighted by Gasteiger charge is 2.12. The Morgan fingerprint density at radius 2 is 1.73 bits per heavy atom. The van der Waals surface area contributed by atoms with Crippen LogP contribution < -0.4 is 25.6 Å². The zero-order valence-electron chi connectivity index (χ0n) is 14.3. The van der Waals surface area contributed by atoms with E-state index in [4.69, 9.17) is 13.9 Å². The van der Waals surface area contributed by atoms with Crippen LogP contribution in [0.3, 0.4) is 0 Å². The molecule has 3 amide bonds. The van der Waals surface area contributed by atoms with Crippen LogP contribution in [0.1, 0.15) is 27.1 Å². The van der Waals surface area contributed by atoms with Crippen LogP contribution in [0.5, 0.6) is 11.5 Å². The first-order valence-electron chi connectivity index (χ1n) is 7.66. The van der Waals surface area contributed by atoms with Crippen molar-refractivity contribution in [3.63, 3.8) is 0 Å². The summed E-state index contributed by atoms with van der Waals surface area (Å²) in [7, 11) is 2.95. The third kappa shape index (κ3) is 5.00. The van der Waals surface area contributed by atoms with E-state index in [1.165, 1.54) is 44.9 Å². The second-order valence-electron chi connectivity index (χ2n) is 5.09. The molecule has 0 spiro atoms. The molecule has 0 bridgehead atoms. The number of nitrogens with one attached hydrogen (secondary N) is 3. The van der Waals surface area contributed by atoms with Gasteiger partial charge in [-0.25, -0.2) is 0 Å². The van der Waals surface area contributed by atoms with Crippen molar-refractivity contribution in [2.75, 3.05) is 20.8 Å². The molecule has 0 atom stereocenters. The number of ether oxygens (including phenoxy) is 2. The van der Waals surface area contributed by atoms with Crippen LogP contribution in [0.4, 0.5) is 0 Å². The van der Waals surface area contributed by atoms with Gasteiger partial charge in [-0.3, -0.25) is 25.2 Å². The van der Waals surface area contributed by atoms with E-state index in [0.717, 1.165) is 0 Å². The summed E-state index contributed by atoms with van der Waals surface area (Å²) >= 11 is 0. The molecule has 0 saturated heterocycles. The van der Waals surface area contributed by atoms with Gasteiger partial charge < -0.3 is 19.2 Å². The lowest BCUT2D eigenvalue weighted by Crippen LogP contribution is -2.42. The van der Waals surface area contributed by atoms with E-state index >= 15 is 0 Å². The van der Waals surface area contributed by atoms with E-state index in [-0.39, 0.29) is 24.4 Å². The summed E-state index contributed by atoms with van der Waals surface area (Å²) in [6, 6.07) is 6.12. The molecule has 26 heavy (non-hydrogen) atoms. The van der Waals surface area contributed by atoms with Gasteiger partial charge in [0.2, 0.25) is 5.91 Å². The third-order valence-corrected chi connectivity index (χ3v) is 3.38. The van der Waals surface area contributed by atoms with Gasteiger partial charge in [-0.15, -0.1) is 0 Å². The highest BCUT2D eigenvalue weighted by molar-refractivity contribution is 5.96. The number of amides is 3. The molecular weight excluding hydrogens is 342 g/mol. The molecule has 9 nitrogen and oxygen atoms in total. The van der Waals surface area contributed by atoms with Crippen LogP contribution in [0.15, 0.2) is 41.2 Å². The smallest absolute Gasteiger partial charge is 0.269 e. The first-order chi connectivity index (χ1) is 12.5. The first kappa shape index (κ1) is 18.8. The van der Waals surface area contributed by atoms with Crippen molar-refractivity contribution in [1.82, 2.24) is 16.2 Å². The van der Waals surface area contributed by atoms with E-state index in [1.54, 1.807) is 6.07 Å². The molecule has 0 aliphatic rings. The lowest BCUT2D eigenvalue weighted by Gasteiger charge is -2.11. The van der Waals surface area contributed by atoms with Crippen molar-refractivity contribution in [3.8, 4) is 11.5 Å². The summed E-state index contributed by atoms with van der Waals surface area (Å²) < 4.78 is 15.0. The molecular formula is C17H19N3O6. The van der Waals surface area contributed by atoms with Gasteiger partial charge >= 0.3 is 0 Å². The zero-order chi connectivity index (χ0) is 18.9. The fourth-order valence-electron chi connectivity index (χ4n) is 2.02. The Labute approximate surface area is 149 Å². The van der Waals surface area contributed by atoms with Gasteiger partial charge in [-0.2, -0.15) is 0 Å². The van der Waals surface area contributed by atoms with E-state index in [1.807, 2.05) is 0 Å². The number of furan rings is 1. The van der Waals surface area contributed by atoms with E-state index in [0.29, 0.717) is 17.1 Å². The predicted octanol–water partition coefficient (Wildman–Crippen LogP) is 0.878. The number of benzene rings is 1. The van der Waals surface area contributed by atoms with Crippen LogP contribution in [0.25, 0.3) is 0 Å². The summed E-state index contributed by atoms with van der Waals surface area (Å²) in [5, 5.41) is 2.56. The average molecular weight is 361 g/mol. The van der Waals surface area contributed by atoms with Crippen molar-refractivity contribution in [2.24, 2.45) is 0 Å². The molecule has 0 saturated carbocycles. The molecule has 1 heterocycles. The SMILES string of the molecule is COc1ccc(C(=O)NNC(=O)CCNC(=O)c2ccoc2)cc1OC. The molecule has 0 radical (unpaired) electrons. The average Bonchev–Trinajstić information content (AvgIpc) is 3.20. The molecule has 0 aliphatic heterocycles. The predicted molar refractivity (Wildman–Crippen MR) is 90.8 cm³/mol. The van der Waals surface area contributed by atoms with Gasteiger partial charge in [-0.05, 0) is 24.3 Å². The molecule has 9 heteroatoms. The van der Waals surface area contributed by atoms with Crippen LogP contribution in [0, 0.1) is 0 Å². The molecule has 138 valence electrons. The second-order valence-corrected chi connectivity index (χ2v) is 5.09. The van der Waals surface area contributed by atoms with Gasteiger partial charge in [0, 0.05) is 18.5 Å². The van der Waals surface area contributed by atoms with Gasteiger partial charge in [0.05, 0.1) is 26.0 Å². The van der Waals surface area contributed by atoms with Crippen molar-refractivity contribution < 1.29 is 28.3 Å². The van der Waals surface area contributed by atoms with Crippen LogP contribution in [-0.4, -0.2) is 38.5 Å². The summed E-state index contributed by atoms with van der Waals surface area (Å²) in [5.41, 5.74) is 5.22. The van der Waals surface area contributed by atoms with Crippen molar-refractivity contribution in [2.45, 2.75) is 6.42 Å². The minimum atomic E-state index is -0.512. The maximum absolute atomic E-state index is 12.1. The number of rotatable bonds is 7. The van der Waals surface area contributed by atoms with E-state index in [2.05, 4.69) is 16.2 Å². The molecule has 0 unspecified atom stereocenters. The Kier molecular flexibility index (Phi) is 6.60. The van der Waals surface area contributed by atoms with Crippen LogP contribution in [-0.2, 0) is 4.79 Å². The molecule has 0 aliphatic carbocycles. The Bertz CT molecular complexity index is 773. The number of hydrazine groups is 1. The maximum atomic E-state index is 12.1. The monoisotopic (exact) mass is 361 g/mol. The lowest BCUT2D eigenvalue weighted by molar-refractivity contribution is -0.121. The van der Waals surface area contributed by atoms with Crippen molar-refractivity contribution in [3.05, 3.63) is 47.9 Å². The molecule has 2 rings (SSSR count). The standard InChI is InChI=1S/C17H19N3O6/c1-24-13-4-3-11(9-14(13)25-2)17(23)20-19-15(21)5-7-18-16(22)12-6-8-26-10-12/h3-4,6,8-10H,5,7H2,1-2H3,(H,18,22)(H,19,21)(H,20,23). The minimum absolute atomic E-state index is 0.00416. The lowest BCUT2D eigenvalue weighted by atomic mass is 10.2. The van der Waals surface area contributed by atoms with Gasteiger partial charge in [0.25, 0.3) is 11.8 Å². The Hall–Kier alpha value is -3.49. The van der Waals surface area contributed by atoms with Crippen LogP contribution in [0.2, 0.25) is 0 Å².